The summed E-state index contributed by atoms with van der Waals surface area (Å²) in [4.78, 5) is 4.10. The van der Waals surface area contributed by atoms with Gasteiger partial charge in [-0.05, 0) is 24.5 Å². The van der Waals surface area contributed by atoms with Crippen LogP contribution in [0.5, 0.6) is 0 Å². The standard InChI is InChI=1S/C13H22N2O/c1-4-10(2)13(9-16)15-11(3)12-6-5-7-14-8-12/h5-8,10-11,13,15-16H,4,9H2,1-3H3. The van der Waals surface area contributed by atoms with Crippen LogP contribution in [0.4, 0.5) is 0 Å². The highest BCUT2D eigenvalue weighted by Gasteiger charge is 2.17. The molecule has 2 N–H and O–H groups in total. The van der Waals surface area contributed by atoms with Gasteiger partial charge in [0.15, 0.2) is 0 Å². The summed E-state index contributed by atoms with van der Waals surface area (Å²) >= 11 is 0. The Balaban J connectivity index is 2.59. The van der Waals surface area contributed by atoms with E-state index in [9.17, 15) is 5.11 Å². The van der Waals surface area contributed by atoms with Crippen LogP contribution in [0.15, 0.2) is 24.5 Å². The van der Waals surface area contributed by atoms with Crippen LogP contribution in [0, 0.1) is 5.92 Å². The van der Waals surface area contributed by atoms with Gasteiger partial charge < -0.3 is 10.4 Å². The van der Waals surface area contributed by atoms with Gasteiger partial charge in [0.25, 0.3) is 0 Å². The van der Waals surface area contributed by atoms with Crippen molar-refractivity contribution in [2.45, 2.75) is 39.3 Å². The third-order valence-corrected chi connectivity index (χ3v) is 3.18. The molecule has 3 unspecified atom stereocenters. The van der Waals surface area contributed by atoms with E-state index in [-0.39, 0.29) is 18.7 Å². The lowest BCUT2D eigenvalue weighted by Crippen LogP contribution is -2.39. The second-order valence-corrected chi connectivity index (χ2v) is 4.35. The first-order valence-corrected chi connectivity index (χ1v) is 5.95. The number of rotatable bonds is 6. The van der Waals surface area contributed by atoms with E-state index in [2.05, 4.69) is 37.1 Å². The molecule has 0 aliphatic carbocycles. The highest BCUT2D eigenvalue weighted by atomic mass is 16.3. The Labute approximate surface area is 97.9 Å². The van der Waals surface area contributed by atoms with Crippen LogP contribution in [-0.2, 0) is 0 Å². The average molecular weight is 222 g/mol. The summed E-state index contributed by atoms with van der Waals surface area (Å²) in [5.74, 6) is 0.476. The number of aromatic nitrogens is 1. The van der Waals surface area contributed by atoms with E-state index in [0.717, 1.165) is 12.0 Å². The number of nitrogens with one attached hydrogen (secondary N) is 1. The predicted molar refractivity (Wildman–Crippen MR) is 66.1 cm³/mol. The van der Waals surface area contributed by atoms with Crippen molar-refractivity contribution >= 4 is 0 Å². The second kappa shape index (κ2) is 6.61. The smallest absolute Gasteiger partial charge is 0.0587 e. The molecule has 16 heavy (non-hydrogen) atoms. The summed E-state index contributed by atoms with van der Waals surface area (Å²) in [7, 11) is 0. The zero-order valence-electron chi connectivity index (χ0n) is 10.4. The summed E-state index contributed by atoms with van der Waals surface area (Å²) in [6, 6.07) is 4.36. The first-order chi connectivity index (χ1) is 7.69. The molecule has 1 aromatic rings. The van der Waals surface area contributed by atoms with Crippen LogP contribution in [-0.4, -0.2) is 22.7 Å². The molecule has 0 fully saturated rings. The molecule has 0 saturated heterocycles. The highest BCUT2D eigenvalue weighted by molar-refractivity contribution is 5.13. The van der Waals surface area contributed by atoms with Crippen LogP contribution in [0.25, 0.3) is 0 Å². The van der Waals surface area contributed by atoms with Crippen molar-refractivity contribution in [1.29, 1.82) is 0 Å². The second-order valence-electron chi connectivity index (χ2n) is 4.35. The molecule has 90 valence electrons. The normalized spacial score (nSPS) is 16.8. The van der Waals surface area contributed by atoms with Crippen LogP contribution < -0.4 is 5.32 Å². The van der Waals surface area contributed by atoms with E-state index in [1.807, 2.05) is 12.3 Å². The van der Waals surface area contributed by atoms with E-state index >= 15 is 0 Å². The average Bonchev–Trinajstić information content (AvgIpc) is 2.35. The van der Waals surface area contributed by atoms with Gasteiger partial charge in [0.2, 0.25) is 0 Å². The Morgan fingerprint density at radius 3 is 2.69 bits per heavy atom. The lowest BCUT2D eigenvalue weighted by Gasteiger charge is -2.26. The Kier molecular flexibility index (Phi) is 5.43. The van der Waals surface area contributed by atoms with Crippen LogP contribution in [0.3, 0.4) is 0 Å². The number of pyridine rings is 1. The van der Waals surface area contributed by atoms with Gasteiger partial charge in [0.1, 0.15) is 0 Å². The number of hydrogen-bond donors (Lipinski definition) is 2. The number of hydrogen-bond acceptors (Lipinski definition) is 3. The molecule has 1 aromatic heterocycles. The SMILES string of the molecule is CCC(C)C(CO)NC(C)c1cccnc1. The largest absolute Gasteiger partial charge is 0.395 e. The first-order valence-electron chi connectivity index (χ1n) is 5.95. The Hall–Kier alpha value is -0.930. The van der Waals surface area contributed by atoms with Crippen LogP contribution >= 0.6 is 0 Å². The van der Waals surface area contributed by atoms with Gasteiger partial charge >= 0.3 is 0 Å². The first kappa shape index (κ1) is 13.1. The molecular weight excluding hydrogens is 200 g/mol. The fourth-order valence-corrected chi connectivity index (χ4v) is 1.73. The van der Waals surface area contributed by atoms with Crippen LogP contribution in [0.2, 0.25) is 0 Å². The Morgan fingerprint density at radius 2 is 2.19 bits per heavy atom. The molecule has 0 saturated carbocycles. The monoisotopic (exact) mass is 222 g/mol. The lowest BCUT2D eigenvalue weighted by atomic mass is 9.98. The van der Waals surface area contributed by atoms with Crippen molar-refractivity contribution in [2.75, 3.05) is 6.61 Å². The summed E-state index contributed by atoms with van der Waals surface area (Å²) in [5, 5.41) is 12.8. The van der Waals surface area contributed by atoms with Crippen molar-refractivity contribution in [2.24, 2.45) is 5.92 Å². The van der Waals surface area contributed by atoms with Crippen molar-refractivity contribution in [3.63, 3.8) is 0 Å². The van der Waals surface area contributed by atoms with Crippen LogP contribution in [0.1, 0.15) is 38.8 Å². The molecule has 3 atom stereocenters. The molecule has 3 nitrogen and oxygen atoms in total. The van der Waals surface area contributed by atoms with Gasteiger partial charge in [-0.25, -0.2) is 0 Å². The van der Waals surface area contributed by atoms with Crippen molar-refractivity contribution in [1.82, 2.24) is 10.3 Å². The fourth-order valence-electron chi connectivity index (χ4n) is 1.73. The van der Waals surface area contributed by atoms with Crippen molar-refractivity contribution < 1.29 is 5.11 Å². The minimum atomic E-state index is 0.153. The molecule has 1 rings (SSSR count). The maximum absolute atomic E-state index is 9.35. The molecule has 0 aliphatic rings. The Morgan fingerprint density at radius 1 is 1.44 bits per heavy atom. The van der Waals surface area contributed by atoms with Gasteiger partial charge in [0, 0.05) is 24.5 Å². The van der Waals surface area contributed by atoms with E-state index in [1.165, 1.54) is 0 Å². The maximum atomic E-state index is 9.35. The Bertz CT molecular complexity index is 289. The van der Waals surface area contributed by atoms with E-state index in [0.29, 0.717) is 5.92 Å². The quantitative estimate of drug-likeness (QED) is 0.775. The summed E-state index contributed by atoms with van der Waals surface area (Å²) in [6.07, 6.45) is 4.70. The zero-order valence-corrected chi connectivity index (χ0v) is 10.4. The number of aliphatic hydroxyl groups is 1. The summed E-state index contributed by atoms with van der Waals surface area (Å²) < 4.78 is 0. The van der Waals surface area contributed by atoms with Gasteiger partial charge in [-0.2, -0.15) is 0 Å². The van der Waals surface area contributed by atoms with Gasteiger partial charge in [-0.1, -0.05) is 26.3 Å². The molecule has 0 bridgehead atoms. The summed E-state index contributed by atoms with van der Waals surface area (Å²) in [5.41, 5.74) is 1.16. The summed E-state index contributed by atoms with van der Waals surface area (Å²) in [6.45, 7) is 6.58. The molecular formula is C13H22N2O. The topological polar surface area (TPSA) is 45.1 Å². The van der Waals surface area contributed by atoms with E-state index < -0.39 is 0 Å². The van der Waals surface area contributed by atoms with Crippen molar-refractivity contribution in [3.8, 4) is 0 Å². The molecule has 0 amide bonds. The third kappa shape index (κ3) is 3.58. The maximum Gasteiger partial charge on any atom is 0.0587 e. The highest BCUT2D eigenvalue weighted by Crippen LogP contribution is 2.15. The molecule has 3 heteroatoms. The van der Waals surface area contributed by atoms with Crippen molar-refractivity contribution in [3.05, 3.63) is 30.1 Å². The minimum absolute atomic E-state index is 0.153. The minimum Gasteiger partial charge on any atom is -0.395 e. The number of nitrogens with zero attached hydrogens (tertiary/aromatic N) is 1. The molecule has 0 aromatic carbocycles. The van der Waals surface area contributed by atoms with E-state index in [1.54, 1.807) is 6.20 Å². The molecule has 0 radical (unpaired) electrons. The van der Waals surface area contributed by atoms with Gasteiger partial charge in [-0.3, -0.25) is 4.98 Å². The number of aliphatic hydroxyl groups excluding tert-OH is 1. The van der Waals surface area contributed by atoms with E-state index in [4.69, 9.17) is 0 Å². The predicted octanol–water partition coefficient (Wildman–Crippen LogP) is 2.14. The lowest BCUT2D eigenvalue weighted by molar-refractivity contribution is 0.192. The fraction of sp³-hybridized carbons (Fsp3) is 0.615. The molecule has 0 aliphatic heterocycles. The molecule has 0 spiro atoms. The van der Waals surface area contributed by atoms with Gasteiger partial charge in [-0.15, -0.1) is 0 Å². The third-order valence-electron chi connectivity index (χ3n) is 3.18. The molecule has 1 heterocycles. The van der Waals surface area contributed by atoms with Gasteiger partial charge in [0.05, 0.1) is 6.61 Å². The zero-order chi connectivity index (χ0) is 12.0.